The van der Waals surface area contributed by atoms with E-state index in [2.05, 4.69) is 6.07 Å². The molecule has 3 fully saturated rings. The normalized spacial score (nSPS) is 21.8. The van der Waals surface area contributed by atoms with Crippen molar-refractivity contribution in [3.63, 3.8) is 0 Å². The topological polar surface area (TPSA) is 122 Å². The van der Waals surface area contributed by atoms with Gasteiger partial charge in [0, 0.05) is 19.3 Å². The summed E-state index contributed by atoms with van der Waals surface area (Å²) in [7, 11) is -4.13. The molecule has 0 radical (unpaired) electrons. The maximum absolute atomic E-state index is 13.3. The molecular formula is C30H38B2FN3O6S. The number of rotatable bonds is 4. The van der Waals surface area contributed by atoms with Crippen LogP contribution in [0.4, 0.5) is 10.1 Å². The number of hydrogen-bond acceptors (Lipinski definition) is 9. The molecule has 228 valence electrons. The van der Waals surface area contributed by atoms with Crippen molar-refractivity contribution in [3.05, 3.63) is 53.3 Å². The molecule has 0 atom stereocenters. The molecule has 0 aliphatic carbocycles. The van der Waals surface area contributed by atoms with Crippen LogP contribution in [0.2, 0.25) is 0 Å². The van der Waals surface area contributed by atoms with Crippen LogP contribution in [0.1, 0.15) is 66.5 Å². The summed E-state index contributed by atoms with van der Waals surface area (Å²) >= 11 is 0. The number of halogens is 1. The fourth-order valence-corrected chi connectivity index (χ4v) is 5.61. The van der Waals surface area contributed by atoms with Crippen LogP contribution in [0, 0.1) is 28.5 Å². The molecule has 0 unspecified atom stereocenters. The van der Waals surface area contributed by atoms with Gasteiger partial charge in [-0.2, -0.15) is 10.5 Å². The number of nitriles is 2. The van der Waals surface area contributed by atoms with E-state index in [1.165, 1.54) is 18.4 Å². The smallest absolute Gasteiger partial charge is 0.399 e. The van der Waals surface area contributed by atoms with Crippen LogP contribution < -0.4 is 15.8 Å². The van der Waals surface area contributed by atoms with E-state index in [9.17, 15) is 18.1 Å². The summed E-state index contributed by atoms with van der Waals surface area (Å²) in [5, 5.41) is 18.0. The molecule has 3 heterocycles. The van der Waals surface area contributed by atoms with Gasteiger partial charge in [0.05, 0.1) is 44.5 Å². The Morgan fingerprint density at radius 1 is 0.767 bits per heavy atom. The second-order valence-corrected chi connectivity index (χ2v) is 15.6. The lowest BCUT2D eigenvalue weighted by Gasteiger charge is -2.40. The van der Waals surface area contributed by atoms with Gasteiger partial charge in [0.2, 0.25) is 0 Å². The van der Waals surface area contributed by atoms with E-state index in [-0.39, 0.29) is 10.8 Å². The molecule has 13 heteroatoms. The first-order valence-corrected chi connectivity index (χ1v) is 16.1. The van der Waals surface area contributed by atoms with Gasteiger partial charge in [-0.25, -0.2) is 12.8 Å². The Morgan fingerprint density at radius 2 is 1.16 bits per heavy atom. The molecule has 0 bridgehead atoms. The van der Waals surface area contributed by atoms with E-state index in [1.54, 1.807) is 12.1 Å². The molecule has 0 saturated carbocycles. The molecule has 2 aromatic rings. The zero-order chi connectivity index (χ0) is 32.2. The van der Waals surface area contributed by atoms with E-state index in [1.807, 2.05) is 78.5 Å². The van der Waals surface area contributed by atoms with Crippen molar-refractivity contribution in [3.8, 4) is 12.1 Å². The first-order valence-electron chi connectivity index (χ1n) is 14.1. The van der Waals surface area contributed by atoms with Gasteiger partial charge in [0.1, 0.15) is 18.0 Å². The van der Waals surface area contributed by atoms with E-state index in [4.69, 9.17) is 23.9 Å². The zero-order valence-electron chi connectivity index (χ0n) is 26.2. The molecule has 3 aliphatic heterocycles. The van der Waals surface area contributed by atoms with E-state index < -0.39 is 52.3 Å². The van der Waals surface area contributed by atoms with Crippen LogP contribution in [0.15, 0.2) is 36.4 Å². The predicted octanol–water partition coefficient (Wildman–Crippen LogP) is 3.09. The van der Waals surface area contributed by atoms with E-state index in [0.29, 0.717) is 24.1 Å². The highest BCUT2D eigenvalue weighted by atomic mass is 32.2. The number of sulfone groups is 1. The Bertz CT molecular complexity index is 1560. The summed E-state index contributed by atoms with van der Waals surface area (Å²) in [6.45, 7) is 16.6. The van der Waals surface area contributed by atoms with Gasteiger partial charge in [-0.15, -0.1) is 0 Å². The van der Waals surface area contributed by atoms with Crippen molar-refractivity contribution in [1.29, 1.82) is 10.5 Å². The third-order valence-electron chi connectivity index (χ3n) is 9.10. The molecule has 0 spiro atoms. The fraction of sp³-hybridized carbons (Fsp3) is 0.533. The highest BCUT2D eigenvalue weighted by molar-refractivity contribution is 7.91. The van der Waals surface area contributed by atoms with Crippen LogP contribution >= 0.6 is 0 Å². The van der Waals surface area contributed by atoms with Crippen molar-refractivity contribution in [2.75, 3.05) is 24.2 Å². The number of nitrogens with zero attached hydrogens (tertiary/aromatic N) is 3. The van der Waals surface area contributed by atoms with Crippen molar-refractivity contribution < 1.29 is 31.4 Å². The summed E-state index contributed by atoms with van der Waals surface area (Å²) in [5.74, 6) is -0.530. The Balaban J connectivity index is 0.000000208. The lowest BCUT2D eigenvalue weighted by atomic mass is 9.78. The Hall–Kier alpha value is -2.93. The highest BCUT2D eigenvalue weighted by Gasteiger charge is 2.53. The standard InChI is InChI=1S/C17H23BN2O4S.C13H15BFNO2/c1-16(2)17(3,4)24-18(23-16)13-6-7-15(12(8-13)9-19)20-10-14(11-20)25(5,21)22;1-12(2)13(3,4)18-14(17-12)10-5-6-11(15)9(7-10)8-16/h6-8,14H,10-11H2,1-5H3;5-7H,1-4H3. The lowest BCUT2D eigenvalue weighted by molar-refractivity contribution is 0.00578. The van der Waals surface area contributed by atoms with Crippen LogP contribution in [-0.4, -0.2) is 69.7 Å². The lowest BCUT2D eigenvalue weighted by Crippen LogP contribution is -2.54. The Kier molecular flexibility index (Phi) is 8.60. The van der Waals surface area contributed by atoms with E-state index >= 15 is 0 Å². The van der Waals surface area contributed by atoms with Crippen LogP contribution in [0.25, 0.3) is 0 Å². The van der Waals surface area contributed by atoms with Crippen molar-refractivity contribution in [1.82, 2.24) is 0 Å². The quantitative estimate of drug-likeness (QED) is 0.482. The Morgan fingerprint density at radius 3 is 1.56 bits per heavy atom. The summed E-state index contributed by atoms with van der Waals surface area (Å²) in [4.78, 5) is 1.91. The van der Waals surface area contributed by atoms with Gasteiger partial charge in [-0.05, 0) is 90.6 Å². The molecule has 5 rings (SSSR count). The van der Waals surface area contributed by atoms with Crippen LogP contribution in [-0.2, 0) is 28.5 Å². The minimum atomic E-state index is -3.04. The molecule has 0 N–H and O–H groups in total. The summed E-state index contributed by atoms with van der Waals surface area (Å²) < 4.78 is 60.1. The monoisotopic (exact) mass is 609 g/mol. The molecule has 3 aliphatic rings. The second-order valence-electron chi connectivity index (χ2n) is 13.3. The summed E-state index contributed by atoms with van der Waals surface area (Å²) in [6.07, 6.45) is 1.25. The zero-order valence-corrected chi connectivity index (χ0v) is 27.0. The van der Waals surface area contributed by atoms with Gasteiger partial charge in [0.25, 0.3) is 0 Å². The molecular weight excluding hydrogens is 571 g/mol. The van der Waals surface area contributed by atoms with Crippen molar-refractivity contribution in [2.45, 2.75) is 83.0 Å². The average molecular weight is 609 g/mol. The largest absolute Gasteiger partial charge is 0.494 e. The number of hydrogen-bond donors (Lipinski definition) is 0. The minimum absolute atomic E-state index is 0.00205. The molecule has 0 amide bonds. The van der Waals surface area contributed by atoms with Gasteiger partial charge in [-0.3, -0.25) is 0 Å². The van der Waals surface area contributed by atoms with Crippen LogP contribution in [0.3, 0.4) is 0 Å². The number of benzene rings is 2. The SMILES string of the molecule is CC1(C)OB(c2ccc(F)c(C#N)c2)OC1(C)C.CC1(C)OB(c2ccc(N3CC(S(C)(=O)=O)C3)c(C#N)c2)OC1(C)C. The maximum atomic E-state index is 13.3. The summed E-state index contributed by atoms with van der Waals surface area (Å²) in [6, 6.07) is 13.8. The molecule has 0 aromatic heterocycles. The van der Waals surface area contributed by atoms with Crippen molar-refractivity contribution >= 4 is 40.7 Å². The fourth-order valence-electron chi connectivity index (χ4n) is 4.70. The van der Waals surface area contributed by atoms with Gasteiger partial charge in [0.15, 0.2) is 9.84 Å². The maximum Gasteiger partial charge on any atom is 0.494 e. The van der Waals surface area contributed by atoms with Crippen LogP contribution in [0.5, 0.6) is 0 Å². The second kappa shape index (κ2) is 11.2. The minimum Gasteiger partial charge on any atom is -0.399 e. The van der Waals surface area contributed by atoms with Gasteiger partial charge >= 0.3 is 14.2 Å². The summed E-state index contributed by atoms with van der Waals surface area (Å²) in [5.41, 5.74) is 0.930. The average Bonchev–Trinajstić information content (AvgIpc) is 3.22. The highest BCUT2D eigenvalue weighted by Crippen LogP contribution is 2.38. The molecule has 9 nitrogen and oxygen atoms in total. The van der Waals surface area contributed by atoms with E-state index in [0.717, 1.165) is 11.2 Å². The molecule has 43 heavy (non-hydrogen) atoms. The Labute approximate surface area is 255 Å². The van der Waals surface area contributed by atoms with Crippen molar-refractivity contribution in [2.24, 2.45) is 0 Å². The molecule has 2 aromatic carbocycles. The third kappa shape index (κ3) is 6.47. The first-order chi connectivity index (χ1) is 19.7. The number of anilines is 1. The molecule has 3 saturated heterocycles. The van der Waals surface area contributed by atoms with Gasteiger partial charge < -0.3 is 23.5 Å². The van der Waals surface area contributed by atoms with Gasteiger partial charge in [-0.1, -0.05) is 12.1 Å². The third-order valence-corrected chi connectivity index (χ3v) is 10.6. The first kappa shape index (κ1) is 33.0. The predicted molar refractivity (Wildman–Crippen MR) is 165 cm³/mol.